The summed E-state index contributed by atoms with van der Waals surface area (Å²) < 4.78 is 0. The number of nitriles is 1. The summed E-state index contributed by atoms with van der Waals surface area (Å²) in [5.41, 5.74) is 0.282. The lowest BCUT2D eigenvalue weighted by Gasteiger charge is -2.31. The fourth-order valence-corrected chi connectivity index (χ4v) is 1.74. The van der Waals surface area contributed by atoms with Gasteiger partial charge in [0.25, 0.3) is 0 Å². The highest BCUT2D eigenvalue weighted by Gasteiger charge is 2.29. The van der Waals surface area contributed by atoms with Gasteiger partial charge in [-0.1, -0.05) is 0 Å². The summed E-state index contributed by atoms with van der Waals surface area (Å²) in [6.07, 6.45) is 1.93. The summed E-state index contributed by atoms with van der Waals surface area (Å²) in [7, 11) is 0. The highest BCUT2D eigenvalue weighted by atomic mass is 15.2. The van der Waals surface area contributed by atoms with E-state index >= 15 is 0 Å². The minimum atomic E-state index is 0.282. The van der Waals surface area contributed by atoms with Crippen molar-refractivity contribution in [3.8, 4) is 6.07 Å². The van der Waals surface area contributed by atoms with Crippen LogP contribution in [0.5, 0.6) is 0 Å². The Labute approximate surface area is 75.2 Å². The molecule has 0 aliphatic carbocycles. The Morgan fingerprint density at radius 1 is 1.50 bits per heavy atom. The number of nitrogens with zero attached hydrogens (tertiary/aromatic N) is 2. The maximum atomic E-state index is 8.55. The molecule has 2 nitrogen and oxygen atoms in total. The van der Waals surface area contributed by atoms with E-state index in [1.807, 2.05) is 0 Å². The summed E-state index contributed by atoms with van der Waals surface area (Å²) in [6.45, 7) is 8.98. The second-order valence-electron chi connectivity index (χ2n) is 4.63. The molecule has 0 aromatic carbocycles. The van der Waals surface area contributed by atoms with E-state index in [0.29, 0.717) is 5.92 Å². The lowest BCUT2D eigenvalue weighted by Crippen LogP contribution is -2.39. The highest BCUT2D eigenvalue weighted by Crippen LogP contribution is 2.25. The average Bonchev–Trinajstić information content (AvgIpc) is 2.35. The zero-order chi connectivity index (χ0) is 9.19. The molecule has 1 unspecified atom stereocenters. The minimum absolute atomic E-state index is 0.282. The van der Waals surface area contributed by atoms with Gasteiger partial charge >= 0.3 is 0 Å². The van der Waals surface area contributed by atoms with E-state index in [1.165, 1.54) is 6.42 Å². The van der Waals surface area contributed by atoms with E-state index in [0.717, 1.165) is 19.5 Å². The summed E-state index contributed by atoms with van der Waals surface area (Å²) >= 11 is 0. The zero-order valence-electron chi connectivity index (χ0n) is 8.30. The van der Waals surface area contributed by atoms with E-state index in [9.17, 15) is 0 Å². The SMILES string of the molecule is CC(C)(C)N1CCC(CC#N)C1. The summed E-state index contributed by atoms with van der Waals surface area (Å²) in [5.74, 6) is 0.620. The molecule has 2 heteroatoms. The third-order valence-electron chi connectivity index (χ3n) is 2.61. The number of likely N-dealkylation sites (tertiary alicyclic amines) is 1. The van der Waals surface area contributed by atoms with Crippen LogP contribution in [0.4, 0.5) is 0 Å². The van der Waals surface area contributed by atoms with Gasteiger partial charge in [-0.15, -0.1) is 0 Å². The maximum absolute atomic E-state index is 8.55. The first-order valence-electron chi connectivity index (χ1n) is 4.66. The number of rotatable bonds is 1. The first kappa shape index (κ1) is 9.54. The van der Waals surface area contributed by atoms with Crippen LogP contribution in [-0.2, 0) is 0 Å². The monoisotopic (exact) mass is 166 g/mol. The topological polar surface area (TPSA) is 27.0 Å². The van der Waals surface area contributed by atoms with Crippen molar-refractivity contribution in [2.45, 2.75) is 39.2 Å². The van der Waals surface area contributed by atoms with Gasteiger partial charge in [-0.2, -0.15) is 5.26 Å². The van der Waals surface area contributed by atoms with Crippen LogP contribution in [0.25, 0.3) is 0 Å². The summed E-state index contributed by atoms with van der Waals surface area (Å²) in [4.78, 5) is 2.47. The van der Waals surface area contributed by atoms with Crippen molar-refractivity contribution in [2.75, 3.05) is 13.1 Å². The smallest absolute Gasteiger partial charge is 0.0625 e. The van der Waals surface area contributed by atoms with Crippen molar-refractivity contribution in [1.82, 2.24) is 4.90 Å². The molecule has 0 spiro atoms. The predicted molar refractivity (Wildman–Crippen MR) is 49.7 cm³/mol. The Kier molecular flexibility index (Phi) is 2.74. The van der Waals surface area contributed by atoms with Gasteiger partial charge in [-0.25, -0.2) is 0 Å². The zero-order valence-corrected chi connectivity index (χ0v) is 8.30. The van der Waals surface area contributed by atoms with Gasteiger partial charge in [-0.05, 0) is 39.7 Å². The maximum Gasteiger partial charge on any atom is 0.0625 e. The van der Waals surface area contributed by atoms with E-state index in [2.05, 4.69) is 31.7 Å². The van der Waals surface area contributed by atoms with Gasteiger partial charge in [0.1, 0.15) is 0 Å². The Morgan fingerprint density at radius 2 is 2.17 bits per heavy atom. The predicted octanol–water partition coefficient (Wildman–Crippen LogP) is 2.02. The van der Waals surface area contributed by atoms with Crippen LogP contribution in [0.2, 0.25) is 0 Å². The highest BCUT2D eigenvalue weighted by molar-refractivity contribution is 4.88. The number of hydrogen-bond acceptors (Lipinski definition) is 2. The van der Waals surface area contributed by atoms with Crippen molar-refractivity contribution in [3.05, 3.63) is 0 Å². The van der Waals surface area contributed by atoms with Crippen molar-refractivity contribution in [1.29, 1.82) is 5.26 Å². The molecule has 0 saturated carbocycles. The van der Waals surface area contributed by atoms with Crippen LogP contribution < -0.4 is 0 Å². The van der Waals surface area contributed by atoms with Crippen LogP contribution in [0.15, 0.2) is 0 Å². The summed E-state index contributed by atoms with van der Waals surface area (Å²) in [5, 5.41) is 8.55. The van der Waals surface area contributed by atoms with Gasteiger partial charge in [0, 0.05) is 18.5 Å². The quantitative estimate of drug-likeness (QED) is 0.596. The molecule has 1 aliphatic heterocycles. The molecule has 1 saturated heterocycles. The molecule has 68 valence electrons. The molecule has 0 N–H and O–H groups in total. The molecule has 12 heavy (non-hydrogen) atoms. The fraction of sp³-hybridized carbons (Fsp3) is 0.900. The molecule has 1 heterocycles. The second kappa shape index (κ2) is 3.45. The largest absolute Gasteiger partial charge is 0.298 e. The lowest BCUT2D eigenvalue weighted by atomic mass is 10.1. The Morgan fingerprint density at radius 3 is 2.58 bits per heavy atom. The lowest BCUT2D eigenvalue weighted by molar-refractivity contribution is 0.168. The van der Waals surface area contributed by atoms with E-state index in [-0.39, 0.29) is 5.54 Å². The van der Waals surface area contributed by atoms with Crippen molar-refractivity contribution < 1.29 is 0 Å². The molecular formula is C10H18N2. The van der Waals surface area contributed by atoms with Crippen LogP contribution in [0.3, 0.4) is 0 Å². The van der Waals surface area contributed by atoms with Crippen LogP contribution in [0.1, 0.15) is 33.6 Å². The fourth-order valence-electron chi connectivity index (χ4n) is 1.74. The van der Waals surface area contributed by atoms with Crippen LogP contribution in [0, 0.1) is 17.2 Å². The molecule has 1 aliphatic rings. The van der Waals surface area contributed by atoms with Gasteiger partial charge in [0.05, 0.1) is 6.07 Å². The molecule has 0 aromatic heterocycles. The van der Waals surface area contributed by atoms with Crippen molar-refractivity contribution in [2.24, 2.45) is 5.92 Å². The normalized spacial score (nSPS) is 25.7. The van der Waals surface area contributed by atoms with Crippen molar-refractivity contribution in [3.63, 3.8) is 0 Å². The molecule has 0 radical (unpaired) electrons. The molecule has 0 aromatic rings. The molecule has 1 fully saturated rings. The third-order valence-corrected chi connectivity index (χ3v) is 2.61. The minimum Gasteiger partial charge on any atom is -0.298 e. The average molecular weight is 166 g/mol. The first-order chi connectivity index (χ1) is 5.54. The van der Waals surface area contributed by atoms with E-state index in [1.54, 1.807) is 0 Å². The molecule has 1 rings (SSSR count). The van der Waals surface area contributed by atoms with Gasteiger partial charge in [-0.3, -0.25) is 4.90 Å². The molecule has 1 atom stereocenters. The van der Waals surface area contributed by atoms with Crippen molar-refractivity contribution >= 4 is 0 Å². The van der Waals surface area contributed by atoms with Crippen LogP contribution >= 0.6 is 0 Å². The Balaban J connectivity index is 2.42. The molecule has 0 amide bonds. The van der Waals surface area contributed by atoms with Gasteiger partial charge < -0.3 is 0 Å². The number of hydrogen-bond donors (Lipinski definition) is 0. The standard InChI is InChI=1S/C10H18N2/c1-10(2,3)12-7-5-9(8-12)4-6-11/h9H,4-5,7-8H2,1-3H3. The Bertz CT molecular complexity index is 185. The van der Waals surface area contributed by atoms with Gasteiger partial charge in [0.15, 0.2) is 0 Å². The van der Waals surface area contributed by atoms with Gasteiger partial charge in [0.2, 0.25) is 0 Å². The third kappa shape index (κ3) is 2.22. The van der Waals surface area contributed by atoms with E-state index in [4.69, 9.17) is 5.26 Å². The summed E-state index contributed by atoms with van der Waals surface area (Å²) in [6, 6.07) is 2.25. The second-order valence-corrected chi connectivity index (χ2v) is 4.63. The van der Waals surface area contributed by atoms with Crippen LogP contribution in [-0.4, -0.2) is 23.5 Å². The first-order valence-corrected chi connectivity index (χ1v) is 4.66. The Hall–Kier alpha value is -0.550. The van der Waals surface area contributed by atoms with E-state index < -0.39 is 0 Å². The molecule has 0 bridgehead atoms. The molecular weight excluding hydrogens is 148 g/mol.